The van der Waals surface area contributed by atoms with E-state index in [2.05, 4.69) is 169 Å². The van der Waals surface area contributed by atoms with Crippen LogP contribution in [0.2, 0.25) is 6.82 Å². The fraction of sp³-hybridized carbons (Fsp3) is 0.224. The molecule has 67 heavy (non-hydrogen) atoms. The van der Waals surface area contributed by atoms with Gasteiger partial charge in [0.1, 0.15) is 0 Å². The summed E-state index contributed by atoms with van der Waals surface area (Å²) in [5, 5.41) is 4.72. The normalized spacial score (nSPS) is 14.0. The van der Waals surface area contributed by atoms with Crippen LogP contribution in [0.15, 0.2) is 164 Å². The second-order valence-electron chi connectivity index (χ2n) is 20.5. The number of hydrogen-bond donors (Lipinski definition) is 0. The fourth-order valence-corrected chi connectivity index (χ4v) is 10.2. The topological polar surface area (TPSA) is 53.0 Å². The van der Waals surface area contributed by atoms with Crippen LogP contribution in [0, 0.1) is 3.80 Å². The molecule has 10 rings (SSSR count). The molecule has 0 saturated heterocycles. The Balaban J connectivity index is 1.15. The maximum atomic E-state index is 9.27. The molecule has 0 fully saturated rings. The predicted octanol–water partition coefficient (Wildman–Crippen LogP) is 14.9. The minimum atomic E-state index is -0.433. The Morgan fingerprint density at radius 2 is 1.22 bits per heavy atom. The Kier molecular flexibility index (Phi) is 9.61. The van der Waals surface area contributed by atoms with Gasteiger partial charge >= 0.3 is 360 Å². The molecule has 4 heterocycles. The number of nitrogens with zero attached hydrogens (tertiary/aromatic N) is 6. The van der Waals surface area contributed by atoms with Gasteiger partial charge in [0.05, 0.1) is 0 Å². The van der Waals surface area contributed by atoms with E-state index < -0.39 is 6.04 Å². The summed E-state index contributed by atoms with van der Waals surface area (Å²) in [6, 6.07) is 39.6. The van der Waals surface area contributed by atoms with Gasteiger partial charge in [0, 0.05) is 12.4 Å². The number of benzene rings is 6. The first-order valence-electron chi connectivity index (χ1n) is 25.3. The second kappa shape index (κ2) is 16.7. The van der Waals surface area contributed by atoms with Crippen molar-refractivity contribution in [2.45, 2.75) is 85.4 Å². The summed E-state index contributed by atoms with van der Waals surface area (Å²) in [7, 11) is 0. The molecule has 0 aliphatic carbocycles. The molecule has 0 atom stereocenters. The van der Waals surface area contributed by atoms with Crippen molar-refractivity contribution in [3.05, 3.63) is 184 Å². The average Bonchev–Trinajstić information content (AvgIpc) is 3.95. The third-order valence-corrected chi connectivity index (χ3v) is 13.8. The quantitative estimate of drug-likeness (QED) is 0.149. The number of pyridine rings is 1. The van der Waals surface area contributed by atoms with E-state index in [0.717, 1.165) is 54.4 Å². The van der Waals surface area contributed by atoms with E-state index in [-0.39, 0.29) is 53.0 Å². The first-order chi connectivity index (χ1) is 34.0. The third kappa shape index (κ3) is 8.14. The molecule has 7 nitrogen and oxygen atoms in total. The molecule has 9 heteroatoms. The average molecular weight is 1070 g/mol. The van der Waals surface area contributed by atoms with Gasteiger partial charge in [-0.2, -0.15) is 5.10 Å². The van der Waals surface area contributed by atoms with Crippen molar-refractivity contribution in [2.24, 2.45) is 0 Å². The second-order valence-corrected chi connectivity index (χ2v) is 21.5. The van der Waals surface area contributed by atoms with Crippen LogP contribution < -0.4 is 9.55 Å². The monoisotopic (exact) mass is 1060 g/mol. The molecule has 338 valence electrons. The Morgan fingerprint density at radius 3 is 1.91 bits per heavy atom. The number of ether oxygens (including phenoxy) is 1. The Bertz CT molecular complexity index is 3650. The molecule has 6 aromatic carbocycles. The van der Waals surface area contributed by atoms with Gasteiger partial charge in [-0.3, -0.25) is 0 Å². The summed E-state index contributed by atoms with van der Waals surface area (Å²) in [5.74, 6) is 2.12. The fourth-order valence-electron chi connectivity index (χ4n) is 9.10. The molecule has 9 aromatic rings. The summed E-state index contributed by atoms with van der Waals surface area (Å²) in [4.78, 5) is 7.11. The van der Waals surface area contributed by atoms with E-state index in [4.69, 9.17) is 18.9 Å². The zero-order valence-electron chi connectivity index (χ0n) is 44.7. The number of anilines is 2. The van der Waals surface area contributed by atoms with E-state index >= 15 is 0 Å². The van der Waals surface area contributed by atoms with Crippen molar-refractivity contribution in [3.8, 4) is 56.4 Å². The van der Waals surface area contributed by atoms with Crippen LogP contribution in [-0.2, 0) is 35.6 Å². The molecule has 0 bridgehead atoms. The number of hydrogen-bond acceptors (Lipinski definition) is 4. The molecule has 1 aliphatic heterocycles. The maximum absolute atomic E-state index is 9.27. The van der Waals surface area contributed by atoms with Crippen LogP contribution in [0.5, 0.6) is 11.5 Å². The van der Waals surface area contributed by atoms with E-state index in [1.807, 2.05) is 71.6 Å². The van der Waals surface area contributed by atoms with Crippen molar-refractivity contribution in [1.29, 1.82) is 0 Å². The van der Waals surface area contributed by atoms with Crippen LogP contribution in [0.3, 0.4) is 0 Å². The Labute approximate surface area is 413 Å². The van der Waals surface area contributed by atoms with Gasteiger partial charge in [-0.15, -0.1) is 0 Å². The van der Waals surface area contributed by atoms with E-state index in [1.165, 1.54) is 16.7 Å². The number of rotatable bonds is 7. The van der Waals surface area contributed by atoms with E-state index in [9.17, 15) is 2.74 Å². The van der Waals surface area contributed by atoms with Gasteiger partial charge in [0.2, 0.25) is 0 Å². The zero-order valence-corrected chi connectivity index (χ0v) is 42.0. The number of imidazole rings is 1. The van der Waals surface area contributed by atoms with Crippen LogP contribution >= 0.6 is 0 Å². The van der Waals surface area contributed by atoms with Gasteiger partial charge in [-0.05, 0) is 17.0 Å². The molecular weight excluding hydrogens is 1000 g/mol. The molecule has 0 N–H and O–H groups in total. The minimum absolute atomic E-state index is 0.0707. The number of aromatic nitrogens is 5. The van der Waals surface area contributed by atoms with Gasteiger partial charge in [0.25, 0.3) is 0 Å². The molecule has 0 saturated carbocycles. The summed E-state index contributed by atoms with van der Waals surface area (Å²) in [6.07, 6.45) is 3.72. The van der Waals surface area contributed by atoms with Crippen LogP contribution in [0.25, 0.3) is 55.9 Å². The van der Waals surface area contributed by atoms with Crippen LogP contribution in [0.1, 0.15) is 85.9 Å². The summed E-state index contributed by atoms with van der Waals surface area (Å²) < 4.78 is 58.6. The van der Waals surface area contributed by atoms with Crippen molar-refractivity contribution in [2.75, 3.05) is 4.81 Å². The standard InChI is InChI=1S/C58H57BN6O.Pt/c1-56(2,3)41-28-30-60-54(35-41)64-53-37-46(26-27-49(53)50-29-31-61-65(50)59(64)10)66-45-21-16-20-44(36-45)62-38-63(52-25-15-14-24-51(52)62)55-47(39-18-12-11-13-19-39)22-17-23-48(55)40-32-42(57(4,5)6)34-43(33-40)58(7,8)9;/h11-37H,1-10H3;/i11D,12D,13D,18D,19D;. The van der Waals surface area contributed by atoms with Gasteiger partial charge in [-0.1, -0.05) is 20.8 Å². The SMILES string of the molecule is [2H]c1c([2H])c([2H])c(-c2cccc(-c3cc(C(C)(C)C)cc(C(C)(C)C)c3)c2-n2[c](=[Pt])n(-c3cccc(Oc4ccc5c(c4)N(c4cc(C(C)(C)C)ccn4)B(C)n4nccc4-5)c3)c3ccccc32)c([2H])c1[2H]. The van der Waals surface area contributed by atoms with E-state index in [1.54, 1.807) is 0 Å². The van der Waals surface area contributed by atoms with Crippen LogP contribution in [-0.4, -0.2) is 30.8 Å². The van der Waals surface area contributed by atoms with Crippen molar-refractivity contribution < 1.29 is 30.9 Å². The number of fused-ring (bicyclic) bond motifs is 4. The molecule has 0 radical (unpaired) electrons. The third-order valence-electron chi connectivity index (χ3n) is 12.8. The Hall–Kier alpha value is -6.50. The van der Waals surface area contributed by atoms with Crippen molar-refractivity contribution >= 4 is 29.5 Å². The van der Waals surface area contributed by atoms with Crippen LogP contribution in [0.4, 0.5) is 11.5 Å². The van der Waals surface area contributed by atoms with Crippen molar-refractivity contribution in [1.82, 2.24) is 23.8 Å². The predicted molar refractivity (Wildman–Crippen MR) is 274 cm³/mol. The molecule has 0 amide bonds. The Morgan fingerprint density at radius 1 is 0.582 bits per heavy atom. The molecule has 0 spiro atoms. The molecular formula is C58H57BN6OPt. The molecule has 3 aromatic heterocycles. The van der Waals surface area contributed by atoms with Crippen molar-refractivity contribution in [3.63, 3.8) is 0 Å². The molecule has 0 unspecified atom stereocenters. The molecule has 1 aliphatic rings. The summed E-state index contributed by atoms with van der Waals surface area (Å²) >= 11 is 2.37. The summed E-state index contributed by atoms with van der Waals surface area (Å²) in [6.45, 7) is 21.9. The van der Waals surface area contributed by atoms with E-state index in [0.29, 0.717) is 22.7 Å². The first kappa shape index (κ1) is 38.6. The first-order valence-corrected chi connectivity index (χ1v) is 23.9. The summed E-state index contributed by atoms with van der Waals surface area (Å²) in [5.41, 5.74) is 11.9. The van der Waals surface area contributed by atoms with Gasteiger partial charge < -0.3 is 0 Å². The van der Waals surface area contributed by atoms with Gasteiger partial charge in [0.15, 0.2) is 0 Å². The number of para-hydroxylation sites is 3. The zero-order chi connectivity index (χ0) is 51.3. The van der Waals surface area contributed by atoms with Gasteiger partial charge in [-0.25, -0.2) is 0 Å².